The molecule has 0 unspecified atom stereocenters. The number of aliphatic hydroxyl groups is 5. The van der Waals surface area contributed by atoms with Crippen molar-refractivity contribution in [1.82, 2.24) is 4.90 Å². The van der Waals surface area contributed by atoms with Gasteiger partial charge < -0.3 is 59.0 Å². The van der Waals surface area contributed by atoms with E-state index < -0.39 is 80.1 Å². The van der Waals surface area contributed by atoms with Crippen LogP contribution in [0.1, 0.15) is 35.6 Å². The van der Waals surface area contributed by atoms with E-state index in [4.69, 9.17) is 14.2 Å². The number of benzene rings is 3. The minimum Gasteiger partial charge on any atom is -0.497 e. The van der Waals surface area contributed by atoms with Crippen LogP contribution < -0.4 is 15.0 Å². The highest BCUT2D eigenvalue weighted by atomic mass is 28.4. The number of hydrogen-bond acceptors (Lipinski definition) is 11. The van der Waals surface area contributed by atoms with E-state index in [0.29, 0.717) is 35.5 Å². The summed E-state index contributed by atoms with van der Waals surface area (Å²) in [4.78, 5) is 45.1. The SMILES string of the molecule is COc1ccc2c(c1)[C@]1(O[C@@H](CC(=O)N3Cc4ccccc4C[C@H]3CO)[C@H]([Si](C)(C)F)[C@H]1C)C(=O)N2Cc1ccc(NC(=O)[C@H]2O[C@@H](O)[C@H](O)[C@@H](O)[C@@H]2O)cc1. The molecule has 3 amide bonds. The Bertz CT molecular complexity index is 1980. The second-order valence-corrected chi connectivity index (χ2v) is 19.5. The van der Waals surface area contributed by atoms with Crippen molar-refractivity contribution < 1.29 is 58.2 Å². The van der Waals surface area contributed by atoms with Gasteiger partial charge >= 0.3 is 0 Å². The van der Waals surface area contributed by atoms with Gasteiger partial charge in [-0.25, -0.2) is 0 Å². The fourth-order valence-electron chi connectivity index (χ4n) is 9.01. The van der Waals surface area contributed by atoms with E-state index in [9.17, 15) is 39.9 Å². The first-order chi connectivity index (χ1) is 26.6. The van der Waals surface area contributed by atoms with Gasteiger partial charge in [-0.05, 0) is 66.5 Å². The number of nitrogens with one attached hydrogen (secondary N) is 1. The molecule has 0 bridgehead atoms. The largest absolute Gasteiger partial charge is 0.497 e. The maximum Gasteiger partial charge on any atom is 0.264 e. The summed E-state index contributed by atoms with van der Waals surface area (Å²) in [7, 11) is -2.10. The molecule has 0 saturated carbocycles. The number of anilines is 2. The molecule has 7 rings (SSSR count). The van der Waals surface area contributed by atoms with E-state index in [1.54, 1.807) is 65.4 Å². The molecule has 1 spiro atoms. The lowest BCUT2D eigenvalue weighted by Gasteiger charge is -2.37. The first-order valence-electron chi connectivity index (χ1n) is 18.7. The molecule has 3 aromatic carbocycles. The number of rotatable bonds is 9. The molecule has 16 heteroatoms. The summed E-state index contributed by atoms with van der Waals surface area (Å²) >= 11 is 0. The van der Waals surface area contributed by atoms with Crippen LogP contribution in [-0.4, -0.2) is 113 Å². The van der Waals surface area contributed by atoms with Crippen LogP contribution in [0.3, 0.4) is 0 Å². The summed E-state index contributed by atoms with van der Waals surface area (Å²) in [6.45, 7) is 5.09. The lowest BCUT2D eigenvalue weighted by Crippen LogP contribution is -2.60. The lowest BCUT2D eigenvalue weighted by atomic mass is 9.82. The Kier molecular flexibility index (Phi) is 10.9. The number of methoxy groups -OCH3 is 1. The standard InChI is InChI=1S/C40H48FN3O11Si/c1-21-36(56(3,4)41)30(17-31(46)43-19-24-8-6-5-7-23(24)15-26(43)20-45)55-40(21)28-16-27(53-2)13-14-29(28)44(39(40)52)18-22-9-11-25(12-10-22)42-37(50)35-33(48)32(47)34(49)38(51)54-35/h5-14,16,21,26,30,32-36,38,45,47-49,51H,15,17-20H2,1-4H3,(H,42,50)/t21-,26+,30+,32+,33+,34-,35+,36-,38-,40+/m1/s1. The maximum absolute atomic E-state index is 16.5. The van der Waals surface area contributed by atoms with Gasteiger partial charge in [0.25, 0.3) is 11.8 Å². The molecule has 2 saturated heterocycles. The van der Waals surface area contributed by atoms with Crippen molar-refractivity contribution in [2.24, 2.45) is 5.92 Å². The molecule has 4 heterocycles. The third-order valence-corrected chi connectivity index (χ3v) is 14.3. The molecule has 10 atom stereocenters. The predicted octanol–water partition coefficient (Wildman–Crippen LogP) is 2.09. The Morgan fingerprint density at radius 3 is 2.36 bits per heavy atom. The summed E-state index contributed by atoms with van der Waals surface area (Å²) < 4.78 is 33.9. The van der Waals surface area contributed by atoms with Crippen LogP contribution in [0.5, 0.6) is 5.75 Å². The van der Waals surface area contributed by atoms with Gasteiger partial charge in [0, 0.05) is 29.3 Å². The molecule has 3 aromatic rings. The summed E-state index contributed by atoms with van der Waals surface area (Å²) in [6.07, 6.45) is -9.52. The van der Waals surface area contributed by atoms with E-state index >= 15 is 4.11 Å². The highest BCUT2D eigenvalue weighted by molar-refractivity contribution is 6.72. The lowest BCUT2D eigenvalue weighted by molar-refractivity contribution is -0.274. The van der Waals surface area contributed by atoms with Gasteiger partial charge in [-0.3, -0.25) is 14.4 Å². The number of hydrogen-bond donors (Lipinski definition) is 6. The summed E-state index contributed by atoms with van der Waals surface area (Å²) in [5, 5.41) is 52.6. The molecule has 4 aliphatic rings. The van der Waals surface area contributed by atoms with E-state index in [1.165, 1.54) is 7.11 Å². The third-order valence-electron chi connectivity index (χ3n) is 11.8. The number of carbonyl (C=O) groups excluding carboxylic acids is 3. The average Bonchev–Trinajstić information content (AvgIpc) is 3.60. The highest BCUT2D eigenvalue weighted by Crippen LogP contribution is 2.61. The zero-order valence-electron chi connectivity index (χ0n) is 31.5. The maximum atomic E-state index is 16.5. The Morgan fingerprint density at radius 2 is 1.70 bits per heavy atom. The average molecular weight is 794 g/mol. The summed E-state index contributed by atoms with van der Waals surface area (Å²) in [6, 6.07) is 19.0. The van der Waals surface area contributed by atoms with E-state index in [2.05, 4.69) is 5.32 Å². The predicted molar refractivity (Wildman–Crippen MR) is 202 cm³/mol. The topological polar surface area (TPSA) is 199 Å². The first kappa shape index (κ1) is 40.0. The van der Waals surface area contributed by atoms with Gasteiger partial charge in [-0.15, -0.1) is 0 Å². The second-order valence-electron chi connectivity index (χ2n) is 15.7. The first-order valence-corrected chi connectivity index (χ1v) is 21.7. The van der Waals surface area contributed by atoms with Crippen LogP contribution in [-0.2, 0) is 49.0 Å². The van der Waals surface area contributed by atoms with Gasteiger partial charge in [0.15, 0.2) is 18.0 Å². The van der Waals surface area contributed by atoms with E-state index in [0.717, 1.165) is 11.1 Å². The molecule has 14 nitrogen and oxygen atoms in total. The van der Waals surface area contributed by atoms with Crippen LogP contribution in [0, 0.1) is 5.92 Å². The van der Waals surface area contributed by atoms with Crippen LogP contribution in [0.15, 0.2) is 66.7 Å². The Labute approximate surface area is 324 Å². The number of ether oxygens (including phenoxy) is 3. The normalized spacial score (nSPS) is 31.3. The second kappa shape index (κ2) is 15.2. The van der Waals surface area contributed by atoms with Crippen molar-refractivity contribution >= 4 is 37.5 Å². The Hall–Kier alpha value is -4.26. The fourth-order valence-corrected chi connectivity index (χ4v) is 11.5. The van der Waals surface area contributed by atoms with Gasteiger partial charge in [0.05, 0.1) is 44.5 Å². The molecule has 4 aliphatic heterocycles. The Balaban J connectivity index is 1.14. The molecule has 0 aliphatic carbocycles. The molecule has 6 N–H and O–H groups in total. The van der Waals surface area contributed by atoms with Crippen molar-refractivity contribution in [2.45, 2.75) is 99.9 Å². The number of nitrogens with zero attached hydrogens (tertiary/aromatic N) is 2. The monoisotopic (exact) mass is 793 g/mol. The number of aliphatic hydroxyl groups excluding tert-OH is 5. The van der Waals surface area contributed by atoms with Gasteiger partial charge in [-0.2, -0.15) is 0 Å². The van der Waals surface area contributed by atoms with Gasteiger partial charge in [0.1, 0.15) is 24.1 Å². The molecular formula is C40H48FN3O11Si. The molecule has 300 valence electrons. The minimum atomic E-state index is -3.61. The van der Waals surface area contributed by atoms with Crippen molar-refractivity contribution in [3.8, 4) is 5.75 Å². The van der Waals surface area contributed by atoms with Crippen LogP contribution in [0.25, 0.3) is 0 Å². The van der Waals surface area contributed by atoms with Gasteiger partial charge in [-0.1, -0.05) is 43.3 Å². The number of halogens is 1. The van der Waals surface area contributed by atoms with Crippen molar-refractivity contribution in [2.75, 3.05) is 23.9 Å². The quantitative estimate of drug-likeness (QED) is 0.137. The summed E-state index contributed by atoms with van der Waals surface area (Å²) in [5.41, 5.74) is 1.68. The molecule has 2 fully saturated rings. The van der Waals surface area contributed by atoms with Crippen molar-refractivity contribution in [3.05, 3.63) is 89.0 Å². The van der Waals surface area contributed by atoms with Crippen molar-refractivity contribution in [3.63, 3.8) is 0 Å². The summed E-state index contributed by atoms with van der Waals surface area (Å²) in [5.74, 6) is -1.75. The number of fused-ring (bicyclic) bond motifs is 3. The molecule has 0 radical (unpaired) electrons. The highest BCUT2D eigenvalue weighted by Gasteiger charge is 2.67. The zero-order valence-corrected chi connectivity index (χ0v) is 32.5. The number of carbonyl (C=O) groups is 3. The van der Waals surface area contributed by atoms with Crippen LogP contribution in [0.2, 0.25) is 18.6 Å². The third kappa shape index (κ3) is 6.91. The molecular weight excluding hydrogens is 746 g/mol. The van der Waals surface area contributed by atoms with Crippen LogP contribution >= 0.6 is 0 Å². The van der Waals surface area contributed by atoms with E-state index in [1.807, 2.05) is 31.2 Å². The van der Waals surface area contributed by atoms with E-state index in [-0.39, 0.29) is 31.2 Å². The Morgan fingerprint density at radius 1 is 1.00 bits per heavy atom. The van der Waals surface area contributed by atoms with Gasteiger partial charge in [0.2, 0.25) is 14.3 Å². The van der Waals surface area contributed by atoms with Crippen molar-refractivity contribution in [1.29, 1.82) is 0 Å². The number of amides is 3. The molecule has 56 heavy (non-hydrogen) atoms. The minimum absolute atomic E-state index is 0.0705. The smallest absolute Gasteiger partial charge is 0.264 e. The fraction of sp³-hybridized carbons (Fsp3) is 0.475. The zero-order chi connectivity index (χ0) is 40.3. The molecule has 0 aromatic heterocycles. The van der Waals surface area contributed by atoms with Crippen LogP contribution in [0.4, 0.5) is 15.5 Å².